The van der Waals surface area contributed by atoms with Crippen molar-refractivity contribution in [3.8, 4) is 0 Å². The fourth-order valence-corrected chi connectivity index (χ4v) is 3.15. The van der Waals surface area contributed by atoms with Crippen LogP contribution in [-0.4, -0.2) is 27.9 Å². The van der Waals surface area contributed by atoms with Crippen molar-refractivity contribution >= 4 is 29.1 Å². The lowest BCUT2D eigenvalue weighted by Crippen LogP contribution is -2.32. The molecule has 0 radical (unpaired) electrons. The van der Waals surface area contributed by atoms with Crippen LogP contribution in [0.5, 0.6) is 0 Å². The van der Waals surface area contributed by atoms with Gasteiger partial charge in [0, 0.05) is 22.3 Å². The van der Waals surface area contributed by atoms with E-state index in [2.05, 4.69) is 31.1 Å². The molecule has 0 aliphatic rings. The average molecular weight is 274 g/mol. The van der Waals surface area contributed by atoms with E-state index in [4.69, 9.17) is 10.8 Å². The fourth-order valence-electron chi connectivity index (χ4n) is 1.07. The largest absolute Gasteiger partial charge is 0.480 e. The van der Waals surface area contributed by atoms with Crippen LogP contribution < -0.4 is 5.73 Å². The van der Waals surface area contributed by atoms with Crippen molar-refractivity contribution in [1.82, 2.24) is 4.98 Å². The highest BCUT2D eigenvalue weighted by molar-refractivity contribution is 7.98. The zero-order chi connectivity index (χ0) is 13.1. The number of hydrogen-bond acceptors (Lipinski definition) is 5. The van der Waals surface area contributed by atoms with Crippen LogP contribution in [0.15, 0.2) is 5.38 Å². The molecule has 1 aromatic rings. The highest BCUT2D eigenvalue weighted by Gasteiger charge is 2.17. The molecule has 0 aliphatic carbocycles. The molecular formula is C11H18N2O2S2. The Morgan fingerprint density at radius 1 is 1.65 bits per heavy atom. The molecule has 0 spiro atoms. The van der Waals surface area contributed by atoms with Gasteiger partial charge < -0.3 is 10.8 Å². The minimum absolute atomic E-state index is 0.0664. The molecule has 0 saturated heterocycles. The van der Waals surface area contributed by atoms with Crippen LogP contribution in [0.1, 0.15) is 31.5 Å². The number of aliphatic carboxylic acids is 1. The van der Waals surface area contributed by atoms with Gasteiger partial charge in [-0.15, -0.1) is 11.3 Å². The van der Waals surface area contributed by atoms with Crippen molar-refractivity contribution in [1.29, 1.82) is 0 Å². The van der Waals surface area contributed by atoms with Crippen molar-refractivity contribution in [3.63, 3.8) is 0 Å². The van der Waals surface area contributed by atoms with E-state index in [1.807, 2.05) is 0 Å². The lowest BCUT2D eigenvalue weighted by Gasteiger charge is -2.14. The van der Waals surface area contributed by atoms with E-state index in [0.717, 1.165) is 16.5 Å². The normalized spacial score (nSPS) is 13.6. The van der Waals surface area contributed by atoms with Gasteiger partial charge in [0.05, 0.1) is 5.69 Å². The number of nitrogens with zero attached hydrogens (tertiary/aromatic N) is 1. The lowest BCUT2D eigenvalue weighted by atomic mass is 9.93. The van der Waals surface area contributed by atoms with Crippen LogP contribution in [-0.2, 0) is 16.0 Å². The molecule has 1 rings (SSSR count). The van der Waals surface area contributed by atoms with Crippen molar-refractivity contribution in [2.75, 3.05) is 5.75 Å². The van der Waals surface area contributed by atoms with E-state index in [9.17, 15) is 4.79 Å². The third kappa shape index (κ3) is 4.65. The first-order valence-corrected chi connectivity index (χ1v) is 7.35. The number of hydrogen-bond donors (Lipinski definition) is 2. The Kier molecular flexibility index (Phi) is 4.97. The molecule has 4 nitrogen and oxygen atoms in total. The second kappa shape index (κ2) is 5.84. The Bertz CT molecular complexity index is 385. The van der Waals surface area contributed by atoms with Gasteiger partial charge in [-0.3, -0.25) is 4.79 Å². The first kappa shape index (κ1) is 14.5. The molecule has 0 bridgehead atoms. The summed E-state index contributed by atoms with van der Waals surface area (Å²) >= 11 is 3.13. The molecule has 1 atom stereocenters. The van der Waals surface area contributed by atoms with Crippen LogP contribution in [0, 0.1) is 0 Å². The highest BCUT2D eigenvalue weighted by Crippen LogP contribution is 2.25. The molecule has 6 heteroatoms. The number of carboxylic acid groups (broad SMARTS) is 1. The van der Waals surface area contributed by atoms with Gasteiger partial charge in [0.2, 0.25) is 0 Å². The third-order valence-electron chi connectivity index (χ3n) is 2.16. The van der Waals surface area contributed by atoms with E-state index in [1.165, 1.54) is 11.8 Å². The molecule has 3 N–H and O–H groups in total. The first-order chi connectivity index (χ1) is 7.80. The molecular weight excluding hydrogens is 256 g/mol. The van der Waals surface area contributed by atoms with Crippen molar-refractivity contribution in [2.24, 2.45) is 5.73 Å². The van der Waals surface area contributed by atoms with Crippen molar-refractivity contribution in [3.05, 3.63) is 16.1 Å². The Balaban J connectivity index is 2.43. The predicted octanol–water partition coefficient (Wildman–Crippen LogP) is 2.09. The number of rotatable bonds is 5. The summed E-state index contributed by atoms with van der Waals surface area (Å²) in [7, 11) is 0. The topological polar surface area (TPSA) is 76.2 Å². The summed E-state index contributed by atoms with van der Waals surface area (Å²) in [5.41, 5.74) is 6.57. The Morgan fingerprint density at radius 3 is 2.76 bits per heavy atom. The van der Waals surface area contributed by atoms with E-state index in [-0.39, 0.29) is 5.41 Å². The molecule has 1 aromatic heterocycles. The van der Waals surface area contributed by atoms with Gasteiger partial charge in [-0.2, -0.15) is 11.8 Å². The van der Waals surface area contributed by atoms with Crippen LogP contribution in [0.25, 0.3) is 0 Å². The summed E-state index contributed by atoms with van der Waals surface area (Å²) < 4.78 is 0. The minimum atomic E-state index is -0.952. The van der Waals surface area contributed by atoms with Gasteiger partial charge in [-0.1, -0.05) is 20.8 Å². The Hall–Kier alpha value is -0.590. The summed E-state index contributed by atoms with van der Waals surface area (Å²) in [6, 6.07) is -0.790. The maximum Gasteiger partial charge on any atom is 0.321 e. The number of carbonyl (C=O) groups is 1. The molecule has 0 aromatic carbocycles. The fraction of sp³-hybridized carbons (Fsp3) is 0.636. The van der Waals surface area contributed by atoms with Crippen LogP contribution in [0.4, 0.5) is 0 Å². The summed E-state index contributed by atoms with van der Waals surface area (Å²) in [4.78, 5) is 15.1. The quantitative estimate of drug-likeness (QED) is 0.859. The molecule has 1 heterocycles. The van der Waals surface area contributed by atoms with E-state index >= 15 is 0 Å². The van der Waals surface area contributed by atoms with E-state index < -0.39 is 12.0 Å². The summed E-state index contributed by atoms with van der Waals surface area (Å²) in [5.74, 6) is 0.189. The lowest BCUT2D eigenvalue weighted by molar-refractivity contribution is -0.137. The molecule has 0 saturated carbocycles. The Morgan fingerprint density at radius 2 is 2.29 bits per heavy atom. The highest BCUT2D eigenvalue weighted by atomic mass is 32.2. The summed E-state index contributed by atoms with van der Waals surface area (Å²) in [6.07, 6.45) is 0. The number of thioether (sulfide) groups is 1. The maximum absolute atomic E-state index is 10.5. The molecule has 0 amide bonds. The zero-order valence-corrected chi connectivity index (χ0v) is 11.9. The second-order valence-corrected chi connectivity index (χ2v) is 6.81. The average Bonchev–Trinajstić information content (AvgIpc) is 2.65. The molecule has 0 fully saturated rings. The zero-order valence-electron chi connectivity index (χ0n) is 10.3. The maximum atomic E-state index is 10.5. The van der Waals surface area contributed by atoms with Gasteiger partial charge in [0.15, 0.2) is 0 Å². The smallest absolute Gasteiger partial charge is 0.321 e. The number of nitrogens with two attached hydrogens (primary N) is 1. The van der Waals surface area contributed by atoms with E-state index in [1.54, 1.807) is 11.3 Å². The van der Waals surface area contributed by atoms with Crippen LogP contribution in [0.2, 0.25) is 0 Å². The van der Waals surface area contributed by atoms with Gasteiger partial charge in [0.1, 0.15) is 11.0 Å². The molecule has 17 heavy (non-hydrogen) atoms. The summed E-state index contributed by atoms with van der Waals surface area (Å²) in [6.45, 7) is 6.37. The number of carboxylic acids is 1. The molecule has 0 unspecified atom stereocenters. The van der Waals surface area contributed by atoms with Gasteiger partial charge in [-0.05, 0) is 0 Å². The SMILES string of the molecule is CC(C)(C)c1csc(CSC[C@@H](N)C(=O)O)n1. The van der Waals surface area contributed by atoms with Crippen LogP contribution in [0.3, 0.4) is 0 Å². The standard InChI is InChI=1S/C11H18N2O2S2/c1-11(2,3)8-5-17-9(13-8)6-16-4-7(12)10(14)15/h5,7H,4,6,12H2,1-3H3,(H,14,15)/t7-/m1/s1. The first-order valence-electron chi connectivity index (χ1n) is 5.31. The van der Waals surface area contributed by atoms with Crippen LogP contribution >= 0.6 is 23.1 Å². The molecule has 0 aliphatic heterocycles. The van der Waals surface area contributed by atoms with E-state index in [0.29, 0.717) is 5.75 Å². The summed E-state index contributed by atoms with van der Waals surface area (Å²) in [5, 5.41) is 11.7. The van der Waals surface area contributed by atoms with Gasteiger partial charge >= 0.3 is 5.97 Å². The minimum Gasteiger partial charge on any atom is -0.480 e. The third-order valence-corrected chi connectivity index (χ3v) is 4.26. The number of thiazole rings is 1. The predicted molar refractivity (Wildman–Crippen MR) is 72.6 cm³/mol. The monoisotopic (exact) mass is 274 g/mol. The van der Waals surface area contributed by atoms with Gasteiger partial charge in [-0.25, -0.2) is 4.98 Å². The second-order valence-electron chi connectivity index (χ2n) is 4.84. The molecule has 96 valence electrons. The van der Waals surface area contributed by atoms with Crippen molar-refractivity contribution < 1.29 is 9.90 Å². The Labute approximate surface area is 110 Å². The van der Waals surface area contributed by atoms with Crippen molar-refractivity contribution in [2.45, 2.75) is 38.0 Å². The number of aromatic nitrogens is 1. The van der Waals surface area contributed by atoms with Gasteiger partial charge in [0.25, 0.3) is 0 Å².